The fourth-order valence-corrected chi connectivity index (χ4v) is 4.92. The molecule has 11 heteroatoms. The second kappa shape index (κ2) is 10.8. The summed E-state index contributed by atoms with van der Waals surface area (Å²) in [7, 11) is -1.86. The van der Waals surface area contributed by atoms with Crippen molar-refractivity contribution in [1.82, 2.24) is 14.8 Å². The lowest BCUT2D eigenvalue weighted by Gasteiger charge is -2.32. The Kier molecular flexibility index (Phi) is 7.72. The van der Waals surface area contributed by atoms with Crippen molar-refractivity contribution < 1.29 is 27.4 Å². The largest absolute Gasteiger partial charge is 0.483 e. The molecule has 192 valence electrons. The van der Waals surface area contributed by atoms with E-state index in [1.165, 1.54) is 29.3 Å². The quantitative estimate of drug-likeness (QED) is 0.449. The molecule has 1 aliphatic rings. The molecule has 0 unspecified atom stereocenters. The third-order valence-corrected chi connectivity index (χ3v) is 6.74. The number of aliphatic hydroxyl groups is 1. The number of likely N-dealkylation sites (N-methyl/N-ethyl adjacent to an activating group) is 1. The lowest BCUT2D eigenvalue weighted by atomic mass is 10.0. The third kappa shape index (κ3) is 6.28. The number of fused-ring (bicyclic) bond motifs is 1. The minimum absolute atomic E-state index is 0.284. The van der Waals surface area contributed by atoms with Gasteiger partial charge < -0.3 is 14.7 Å². The number of halogens is 1. The van der Waals surface area contributed by atoms with Crippen LogP contribution in [0.5, 0.6) is 5.75 Å². The minimum atomic E-state index is -3.51. The van der Waals surface area contributed by atoms with E-state index >= 15 is 0 Å². The molecule has 36 heavy (non-hydrogen) atoms. The van der Waals surface area contributed by atoms with Crippen molar-refractivity contribution in [3.8, 4) is 5.75 Å². The SMILES string of the molecule is CN(C(=O)COc1ccc(NS(C)(=O)=O)c2ncccc12)[C@H](CN1CC[C@H](O)C1)c1cccc(F)c1. The molecule has 9 nitrogen and oxygen atoms in total. The summed E-state index contributed by atoms with van der Waals surface area (Å²) in [5, 5.41) is 10.5. The van der Waals surface area contributed by atoms with Gasteiger partial charge in [-0.2, -0.15) is 0 Å². The van der Waals surface area contributed by atoms with Gasteiger partial charge in [0.25, 0.3) is 5.91 Å². The molecule has 2 heterocycles. The molecular formula is C25H29FN4O5S. The molecule has 0 radical (unpaired) electrons. The Morgan fingerprint density at radius 3 is 2.81 bits per heavy atom. The van der Waals surface area contributed by atoms with Gasteiger partial charge in [0.15, 0.2) is 6.61 Å². The first kappa shape index (κ1) is 25.8. The van der Waals surface area contributed by atoms with Gasteiger partial charge in [-0.3, -0.25) is 19.4 Å². The number of hydrogen-bond acceptors (Lipinski definition) is 7. The summed E-state index contributed by atoms with van der Waals surface area (Å²) in [5.74, 6) is -0.332. The van der Waals surface area contributed by atoms with Gasteiger partial charge in [-0.15, -0.1) is 0 Å². The first-order chi connectivity index (χ1) is 17.1. The standard InChI is InChI=1S/C25H29FN4O5S/c1-29(22(15-30-12-10-19(31)14-30)17-5-3-6-18(26)13-17)24(32)16-35-23-9-8-21(28-36(2,33)34)25-20(23)7-4-11-27-25/h3-9,11,13,19,22,28,31H,10,12,14-16H2,1-2H3/t19-,22+/m0/s1. The van der Waals surface area contributed by atoms with Crippen LogP contribution in [0.25, 0.3) is 10.9 Å². The Balaban J connectivity index is 1.52. The van der Waals surface area contributed by atoms with Crippen molar-refractivity contribution >= 4 is 32.5 Å². The molecule has 1 aliphatic heterocycles. The van der Waals surface area contributed by atoms with E-state index in [0.717, 1.165) is 6.26 Å². The lowest BCUT2D eigenvalue weighted by molar-refractivity contribution is -0.134. The van der Waals surface area contributed by atoms with E-state index < -0.39 is 28.0 Å². The average Bonchev–Trinajstić information content (AvgIpc) is 3.25. The van der Waals surface area contributed by atoms with Gasteiger partial charge in [0.1, 0.15) is 11.6 Å². The number of aromatic nitrogens is 1. The molecule has 1 saturated heterocycles. The van der Waals surface area contributed by atoms with Crippen LogP contribution in [0.1, 0.15) is 18.0 Å². The highest BCUT2D eigenvalue weighted by Gasteiger charge is 2.28. The number of nitrogens with zero attached hydrogens (tertiary/aromatic N) is 3. The highest BCUT2D eigenvalue weighted by molar-refractivity contribution is 7.92. The minimum Gasteiger partial charge on any atom is -0.483 e. The number of anilines is 1. The molecule has 4 rings (SSSR count). The van der Waals surface area contributed by atoms with Crippen LogP contribution < -0.4 is 9.46 Å². The molecule has 0 spiro atoms. The first-order valence-electron chi connectivity index (χ1n) is 11.5. The van der Waals surface area contributed by atoms with Crippen molar-refractivity contribution in [3.63, 3.8) is 0 Å². The van der Waals surface area contributed by atoms with Gasteiger partial charge in [-0.05, 0) is 48.4 Å². The number of benzene rings is 2. The number of likely N-dealkylation sites (tertiary alicyclic amines) is 1. The maximum atomic E-state index is 14.0. The summed E-state index contributed by atoms with van der Waals surface area (Å²) in [4.78, 5) is 21.0. The lowest BCUT2D eigenvalue weighted by Crippen LogP contribution is -2.41. The van der Waals surface area contributed by atoms with E-state index in [2.05, 4.69) is 14.6 Å². The molecule has 0 saturated carbocycles. The predicted octanol–water partition coefficient (Wildman–Crippen LogP) is 2.39. The molecule has 1 aromatic heterocycles. The van der Waals surface area contributed by atoms with Gasteiger partial charge >= 0.3 is 0 Å². The number of sulfonamides is 1. The highest BCUT2D eigenvalue weighted by atomic mass is 32.2. The van der Waals surface area contributed by atoms with E-state index in [1.54, 1.807) is 37.4 Å². The molecule has 0 bridgehead atoms. The summed E-state index contributed by atoms with van der Waals surface area (Å²) < 4.78 is 45.7. The second-order valence-corrected chi connectivity index (χ2v) is 10.7. The number of carbonyl (C=O) groups is 1. The van der Waals surface area contributed by atoms with Crippen LogP contribution in [-0.2, 0) is 14.8 Å². The Hall–Kier alpha value is -3.28. The van der Waals surface area contributed by atoms with Crippen molar-refractivity contribution in [2.75, 3.05) is 44.3 Å². The van der Waals surface area contributed by atoms with Crippen LogP contribution in [0.2, 0.25) is 0 Å². The average molecular weight is 517 g/mol. The summed E-state index contributed by atoms with van der Waals surface area (Å²) in [6, 6.07) is 12.2. The number of ether oxygens (including phenoxy) is 1. The Morgan fingerprint density at radius 1 is 1.31 bits per heavy atom. The number of carbonyl (C=O) groups excluding carboxylic acids is 1. The van der Waals surface area contributed by atoms with Crippen LogP contribution in [0, 0.1) is 5.82 Å². The van der Waals surface area contributed by atoms with Crippen LogP contribution >= 0.6 is 0 Å². The van der Waals surface area contributed by atoms with Crippen LogP contribution in [0.15, 0.2) is 54.7 Å². The normalized spacial score (nSPS) is 17.2. The maximum Gasteiger partial charge on any atom is 0.260 e. The zero-order valence-electron chi connectivity index (χ0n) is 20.1. The Labute approximate surface area is 209 Å². The molecular weight excluding hydrogens is 487 g/mol. The highest BCUT2D eigenvalue weighted by Crippen LogP contribution is 2.31. The molecule has 1 fully saturated rings. The van der Waals surface area contributed by atoms with E-state index in [9.17, 15) is 22.7 Å². The second-order valence-electron chi connectivity index (χ2n) is 8.95. The topological polar surface area (TPSA) is 112 Å². The third-order valence-electron chi connectivity index (χ3n) is 6.15. The van der Waals surface area contributed by atoms with Gasteiger partial charge in [0, 0.05) is 38.3 Å². The van der Waals surface area contributed by atoms with Crippen LogP contribution in [-0.4, -0.2) is 79.9 Å². The van der Waals surface area contributed by atoms with Gasteiger partial charge in [-0.25, -0.2) is 12.8 Å². The summed E-state index contributed by atoms with van der Waals surface area (Å²) in [6.45, 7) is 1.35. The smallest absolute Gasteiger partial charge is 0.260 e. The molecule has 0 aliphatic carbocycles. The van der Waals surface area contributed by atoms with E-state index in [1.807, 2.05) is 0 Å². The molecule has 2 atom stereocenters. The summed E-state index contributed by atoms with van der Waals surface area (Å²) in [5.41, 5.74) is 1.35. The van der Waals surface area contributed by atoms with Crippen LogP contribution in [0.4, 0.5) is 10.1 Å². The van der Waals surface area contributed by atoms with Crippen molar-refractivity contribution in [2.24, 2.45) is 0 Å². The zero-order valence-corrected chi connectivity index (χ0v) is 20.9. The number of pyridine rings is 1. The van der Waals surface area contributed by atoms with E-state index in [0.29, 0.717) is 54.0 Å². The van der Waals surface area contributed by atoms with Gasteiger partial charge in [0.2, 0.25) is 10.0 Å². The number of hydrogen-bond donors (Lipinski definition) is 2. The number of amides is 1. The Morgan fingerprint density at radius 2 is 2.11 bits per heavy atom. The fourth-order valence-electron chi connectivity index (χ4n) is 4.36. The summed E-state index contributed by atoms with van der Waals surface area (Å²) >= 11 is 0. The molecule has 1 amide bonds. The zero-order chi connectivity index (χ0) is 25.9. The van der Waals surface area contributed by atoms with Crippen LogP contribution in [0.3, 0.4) is 0 Å². The first-order valence-corrected chi connectivity index (χ1v) is 13.4. The van der Waals surface area contributed by atoms with Gasteiger partial charge in [-0.1, -0.05) is 12.1 Å². The number of β-amino-alcohol motifs (C(OH)–C–C–N with tert-alkyl or cyclic N) is 1. The molecule has 2 N–H and O–H groups in total. The fraction of sp³-hybridized carbons (Fsp3) is 0.360. The van der Waals surface area contributed by atoms with E-state index in [-0.39, 0.29) is 12.5 Å². The molecule has 2 aromatic carbocycles. The number of rotatable bonds is 9. The summed E-state index contributed by atoms with van der Waals surface area (Å²) in [6.07, 6.45) is 2.84. The number of aliphatic hydroxyl groups excluding tert-OH is 1. The monoisotopic (exact) mass is 516 g/mol. The number of nitrogens with one attached hydrogen (secondary N) is 1. The maximum absolute atomic E-state index is 14.0. The van der Waals surface area contributed by atoms with Crippen molar-refractivity contribution in [3.05, 3.63) is 66.1 Å². The van der Waals surface area contributed by atoms with Crippen molar-refractivity contribution in [2.45, 2.75) is 18.6 Å². The van der Waals surface area contributed by atoms with Crippen molar-refractivity contribution in [1.29, 1.82) is 0 Å². The van der Waals surface area contributed by atoms with Gasteiger partial charge in [0.05, 0.1) is 29.6 Å². The predicted molar refractivity (Wildman–Crippen MR) is 135 cm³/mol. The molecule has 3 aromatic rings. The Bertz CT molecular complexity index is 1350. The van der Waals surface area contributed by atoms with E-state index in [4.69, 9.17) is 4.74 Å².